The van der Waals surface area contributed by atoms with Gasteiger partial charge in [0.1, 0.15) is 0 Å². The van der Waals surface area contributed by atoms with Gasteiger partial charge in [-0.25, -0.2) is 0 Å². The number of aryl methyl sites for hydroxylation is 4. The molecule has 0 heterocycles. The number of nitrogens with one attached hydrogen (secondary N) is 2. The molecule has 0 unspecified atom stereocenters. The number of rotatable bonds is 10. The molecule has 0 fully saturated rings. The first-order chi connectivity index (χ1) is 17.0. The van der Waals surface area contributed by atoms with Gasteiger partial charge in [-0.3, -0.25) is 0 Å². The normalized spacial score (nSPS) is 10.9. The first kappa shape index (κ1) is 24.6. The second-order valence-corrected chi connectivity index (χ2v) is 9.81. The van der Waals surface area contributed by atoms with Crippen LogP contribution in [0.25, 0.3) is 0 Å². The minimum Gasteiger partial charge on any atom is -0.384 e. The Balaban J connectivity index is 1.29. The van der Waals surface area contributed by atoms with E-state index in [2.05, 4.69) is 123 Å². The summed E-state index contributed by atoms with van der Waals surface area (Å²) in [5.74, 6) is 0. The molecule has 4 aromatic rings. The van der Waals surface area contributed by atoms with Gasteiger partial charge in [-0.2, -0.15) is 0 Å². The highest BCUT2D eigenvalue weighted by Gasteiger charge is 2.05. The third-order valence-corrected chi connectivity index (χ3v) is 6.61. The second kappa shape index (κ2) is 11.8. The number of benzene rings is 4. The molecule has 0 radical (unpaired) electrons. The summed E-state index contributed by atoms with van der Waals surface area (Å²) in [6.07, 6.45) is 3.02. The Morgan fingerprint density at radius 2 is 0.943 bits per heavy atom. The SMILES string of the molecule is Cc1cccc(CCNc2ccc(Cc3ccc(NCCc4cccc(C)c4)c(C)c3)cc2C)c1. The van der Waals surface area contributed by atoms with Crippen molar-refractivity contribution in [3.63, 3.8) is 0 Å². The van der Waals surface area contributed by atoms with Gasteiger partial charge in [0.2, 0.25) is 0 Å². The molecule has 0 bridgehead atoms. The Bertz CT molecular complexity index is 1170. The lowest BCUT2D eigenvalue weighted by Crippen LogP contribution is -2.07. The molecule has 0 saturated heterocycles. The number of hydrogen-bond donors (Lipinski definition) is 2. The van der Waals surface area contributed by atoms with Crippen LogP contribution >= 0.6 is 0 Å². The van der Waals surface area contributed by atoms with E-state index in [4.69, 9.17) is 0 Å². The molecule has 0 aromatic heterocycles. The first-order valence-corrected chi connectivity index (χ1v) is 12.7. The molecule has 0 aliphatic carbocycles. The molecule has 0 aliphatic heterocycles. The zero-order chi connectivity index (χ0) is 24.6. The second-order valence-electron chi connectivity index (χ2n) is 9.81. The fourth-order valence-electron chi connectivity index (χ4n) is 4.72. The van der Waals surface area contributed by atoms with Crippen LogP contribution in [0.15, 0.2) is 84.9 Å². The van der Waals surface area contributed by atoms with E-state index >= 15 is 0 Å². The van der Waals surface area contributed by atoms with E-state index in [0.29, 0.717) is 0 Å². The van der Waals surface area contributed by atoms with Crippen LogP contribution in [0.5, 0.6) is 0 Å². The average Bonchev–Trinajstić information content (AvgIpc) is 2.82. The molecule has 0 atom stereocenters. The van der Waals surface area contributed by atoms with Crippen molar-refractivity contribution in [3.8, 4) is 0 Å². The van der Waals surface area contributed by atoms with Gasteiger partial charge < -0.3 is 10.6 Å². The third kappa shape index (κ3) is 7.23. The van der Waals surface area contributed by atoms with E-state index in [1.54, 1.807) is 0 Å². The van der Waals surface area contributed by atoms with Crippen molar-refractivity contribution in [2.45, 2.75) is 47.0 Å². The van der Waals surface area contributed by atoms with Crippen LogP contribution in [0.1, 0.15) is 44.5 Å². The molecule has 0 saturated carbocycles. The molecular formula is C33H38N2. The lowest BCUT2D eigenvalue weighted by Gasteiger charge is -2.13. The summed E-state index contributed by atoms with van der Waals surface area (Å²) in [7, 11) is 0. The van der Waals surface area contributed by atoms with E-state index in [-0.39, 0.29) is 0 Å². The van der Waals surface area contributed by atoms with Crippen molar-refractivity contribution in [2.75, 3.05) is 23.7 Å². The largest absolute Gasteiger partial charge is 0.384 e. The van der Waals surface area contributed by atoms with Crippen LogP contribution in [-0.4, -0.2) is 13.1 Å². The molecule has 4 rings (SSSR count). The highest BCUT2D eigenvalue weighted by Crippen LogP contribution is 2.22. The molecule has 0 aliphatic rings. The summed E-state index contributed by atoms with van der Waals surface area (Å²) in [5, 5.41) is 7.23. The molecule has 2 N–H and O–H groups in total. The fraction of sp³-hybridized carbons (Fsp3) is 0.273. The third-order valence-electron chi connectivity index (χ3n) is 6.61. The van der Waals surface area contributed by atoms with Crippen LogP contribution in [0.4, 0.5) is 11.4 Å². The van der Waals surface area contributed by atoms with E-state index in [1.807, 2.05) is 0 Å². The van der Waals surface area contributed by atoms with Crippen molar-refractivity contribution in [3.05, 3.63) is 129 Å². The molecule has 4 aromatic carbocycles. The maximum absolute atomic E-state index is 3.61. The lowest BCUT2D eigenvalue weighted by molar-refractivity contribution is 1.01. The predicted molar refractivity (Wildman–Crippen MR) is 152 cm³/mol. The highest BCUT2D eigenvalue weighted by molar-refractivity contribution is 5.55. The van der Waals surface area contributed by atoms with E-state index in [9.17, 15) is 0 Å². The van der Waals surface area contributed by atoms with E-state index < -0.39 is 0 Å². The van der Waals surface area contributed by atoms with E-state index in [0.717, 1.165) is 32.4 Å². The van der Waals surface area contributed by atoms with Gasteiger partial charge in [-0.05, 0) is 92.5 Å². The molecule has 0 spiro atoms. The topological polar surface area (TPSA) is 24.1 Å². The Kier molecular flexibility index (Phi) is 8.26. The van der Waals surface area contributed by atoms with Gasteiger partial charge in [-0.1, -0.05) is 83.9 Å². The van der Waals surface area contributed by atoms with Crippen LogP contribution in [-0.2, 0) is 19.3 Å². The van der Waals surface area contributed by atoms with Gasteiger partial charge in [0.05, 0.1) is 0 Å². The zero-order valence-electron chi connectivity index (χ0n) is 21.6. The minimum atomic E-state index is 0.946. The Morgan fingerprint density at radius 3 is 1.34 bits per heavy atom. The molecule has 0 amide bonds. The average molecular weight is 463 g/mol. The predicted octanol–water partition coefficient (Wildman–Crippen LogP) is 7.82. The number of hydrogen-bond acceptors (Lipinski definition) is 2. The van der Waals surface area contributed by atoms with Crippen molar-refractivity contribution in [1.82, 2.24) is 0 Å². The van der Waals surface area contributed by atoms with Crippen molar-refractivity contribution < 1.29 is 0 Å². The zero-order valence-corrected chi connectivity index (χ0v) is 21.6. The van der Waals surface area contributed by atoms with Crippen molar-refractivity contribution in [2.24, 2.45) is 0 Å². The van der Waals surface area contributed by atoms with Gasteiger partial charge in [0, 0.05) is 24.5 Å². The summed E-state index contributed by atoms with van der Waals surface area (Å²) >= 11 is 0. The van der Waals surface area contributed by atoms with Crippen LogP contribution in [0.2, 0.25) is 0 Å². The van der Waals surface area contributed by atoms with Gasteiger partial charge in [0.15, 0.2) is 0 Å². The summed E-state index contributed by atoms with van der Waals surface area (Å²) in [5.41, 5.74) is 13.2. The van der Waals surface area contributed by atoms with E-state index in [1.165, 1.54) is 55.9 Å². The number of anilines is 2. The van der Waals surface area contributed by atoms with Gasteiger partial charge in [-0.15, -0.1) is 0 Å². The Morgan fingerprint density at radius 1 is 0.486 bits per heavy atom. The minimum absolute atomic E-state index is 0.946. The Labute approximate surface area is 211 Å². The first-order valence-electron chi connectivity index (χ1n) is 12.7. The van der Waals surface area contributed by atoms with Gasteiger partial charge >= 0.3 is 0 Å². The van der Waals surface area contributed by atoms with Crippen LogP contribution < -0.4 is 10.6 Å². The summed E-state index contributed by atoms with van der Waals surface area (Å²) in [6.45, 7) is 10.6. The monoisotopic (exact) mass is 462 g/mol. The maximum atomic E-state index is 3.61. The molecule has 2 nitrogen and oxygen atoms in total. The quantitative estimate of drug-likeness (QED) is 0.251. The summed E-state index contributed by atoms with van der Waals surface area (Å²) in [4.78, 5) is 0. The summed E-state index contributed by atoms with van der Waals surface area (Å²) < 4.78 is 0. The molecule has 35 heavy (non-hydrogen) atoms. The Hall–Kier alpha value is -3.52. The molecular weight excluding hydrogens is 424 g/mol. The lowest BCUT2D eigenvalue weighted by atomic mass is 10.00. The molecule has 180 valence electrons. The van der Waals surface area contributed by atoms with Crippen molar-refractivity contribution >= 4 is 11.4 Å². The van der Waals surface area contributed by atoms with Gasteiger partial charge in [0.25, 0.3) is 0 Å². The summed E-state index contributed by atoms with van der Waals surface area (Å²) in [6, 6.07) is 31.1. The standard InChI is InChI=1S/C33H38N2/c1-24-7-5-9-28(19-24)15-17-34-32-13-11-30(21-26(32)3)23-31-12-14-33(27(4)22-31)35-18-16-29-10-6-8-25(2)20-29/h5-14,19-22,34-35H,15-18,23H2,1-4H3. The molecule has 2 heteroatoms. The van der Waals surface area contributed by atoms with Crippen LogP contribution in [0, 0.1) is 27.7 Å². The highest BCUT2D eigenvalue weighted by atomic mass is 14.9. The van der Waals surface area contributed by atoms with Crippen molar-refractivity contribution in [1.29, 1.82) is 0 Å². The fourth-order valence-corrected chi connectivity index (χ4v) is 4.72. The maximum Gasteiger partial charge on any atom is 0.0370 e. The van der Waals surface area contributed by atoms with Crippen LogP contribution in [0.3, 0.4) is 0 Å². The smallest absolute Gasteiger partial charge is 0.0370 e.